The quantitative estimate of drug-likeness (QED) is 0.337. The van der Waals surface area contributed by atoms with Crippen LogP contribution in [0.15, 0.2) is 24.3 Å². The number of fused-ring (bicyclic) bond motifs is 1. The van der Waals surface area contributed by atoms with Crippen LogP contribution in [-0.2, 0) is 14.3 Å². The summed E-state index contributed by atoms with van der Waals surface area (Å²) in [5.74, 6) is -1.15. The number of carbonyl (C=O) groups excluding carboxylic acids is 4. The minimum atomic E-state index is -0.448. The molecule has 0 spiro atoms. The largest absolute Gasteiger partial charge is 0.445 e. The fourth-order valence-corrected chi connectivity index (χ4v) is 2.48. The molecule has 24 heavy (non-hydrogen) atoms. The number of hydrogen-bond donors (Lipinski definition) is 1. The van der Waals surface area contributed by atoms with Crippen molar-refractivity contribution in [1.29, 1.82) is 0 Å². The highest BCUT2D eigenvalue weighted by molar-refractivity contribution is 6.21. The lowest BCUT2D eigenvalue weighted by molar-refractivity contribution is -0.142. The summed E-state index contributed by atoms with van der Waals surface area (Å²) in [5.41, 5.74) is 0.902. The number of hydrogen-bond acceptors (Lipinski definition) is 5. The first-order valence-corrected chi connectivity index (χ1v) is 7.86. The van der Waals surface area contributed by atoms with Gasteiger partial charge in [0.25, 0.3) is 11.8 Å². The molecule has 2 rings (SSSR count). The molecular formula is C17H20N2O5. The second-order valence-corrected chi connectivity index (χ2v) is 5.50. The monoisotopic (exact) mass is 332 g/mol. The van der Waals surface area contributed by atoms with E-state index in [4.69, 9.17) is 0 Å². The number of esters is 1. The average Bonchev–Trinajstić information content (AvgIpc) is 2.79. The number of nitrogens with one attached hydrogen (secondary N) is 1. The molecule has 7 heteroatoms. The predicted molar refractivity (Wildman–Crippen MR) is 85.1 cm³/mol. The highest BCUT2D eigenvalue weighted by Crippen LogP contribution is 2.22. The smallest absolute Gasteiger partial charge is 0.304 e. The normalized spacial score (nSPS) is 13.0. The second-order valence-electron chi connectivity index (χ2n) is 5.50. The molecule has 1 N–H and O–H groups in total. The summed E-state index contributed by atoms with van der Waals surface area (Å²) in [6.45, 7) is 1.50. The van der Waals surface area contributed by atoms with Crippen LogP contribution in [0.4, 0.5) is 0 Å². The Morgan fingerprint density at radius 1 is 1.04 bits per heavy atom. The van der Waals surface area contributed by atoms with E-state index in [9.17, 15) is 19.2 Å². The van der Waals surface area contributed by atoms with E-state index in [2.05, 4.69) is 10.1 Å². The lowest BCUT2D eigenvalue weighted by Crippen LogP contribution is -2.30. The van der Waals surface area contributed by atoms with Crippen molar-refractivity contribution < 1.29 is 23.9 Å². The number of ether oxygens (including phenoxy) is 1. The van der Waals surface area contributed by atoms with Crippen LogP contribution in [-0.4, -0.2) is 41.9 Å². The van der Waals surface area contributed by atoms with E-state index in [1.165, 1.54) is 11.8 Å². The Morgan fingerprint density at radius 2 is 1.67 bits per heavy atom. The number of rotatable bonds is 8. The molecule has 0 saturated carbocycles. The molecule has 0 radical (unpaired) electrons. The maximum Gasteiger partial charge on any atom is 0.304 e. The van der Waals surface area contributed by atoms with Crippen molar-refractivity contribution in [2.45, 2.75) is 32.6 Å². The molecular weight excluding hydrogens is 312 g/mol. The van der Waals surface area contributed by atoms with Crippen LogP contribution < -0.4 is 5.32 Å². The lowest BCUT2D eigenvalue weighted by atomic mass is 10.1. The molecule has 0 fully saturated rings. The summed E-state index contributed by atoms with van der Waals surface area (Å²) in [5, 5.41) is 2.47. The molecule has 3 amide bonds. The second kappa shape index (κ2) is 8.24. The maximum absolute atomic E-state index is 12.2. The summed E-state index contributed by atoms with van der Waals surface area (Å²) < 4.78 is 4.61. The van der Waals surface area contributed by atoms with E-state index >= 15 is 0 Å². The van der Waals surface area contributed by atoms with Gasteiger partial charge in [0.15, 0.2) is 6.73 Å². The minimum absolute atomic E-state index is 0.122. The number of imide groups is 1. The van der Waals surface area contributed by atoms with E-state index in [1.54, 1.807) is 24.3 Å². The summed E-state index contributed by atoms with van der Waals surface area (Å²) in [7, 11) is 0. The van der Waals surface area contributed by atoms with Crippen molar-refractivity contribution >= 4 is 23.7 Å². The van der Waals surface area contributed by atoms with Crippen molar-refractivity contribution in [2.75, 3.05) is 13.3 Å². The molecule has 0 saturated heterocycles. The van der Waals surface area contributed by atoms with E-state index in [0.717, 1.165) is 0 Å². The van der Waals surface area contributed by atoms with Gasteiger partial charge in [-0.15, -0.1) is 0 Å². The van der Waals surface area contributed by atoms with Crippen LogP contribution in [0, 0.1) is 0 Å². The Balaban J connectivity index is 1.65. The van der Waals surface area contributed by atoms with Gasteiger partial charge in [-0.2, -0.15) is 0 Å². The Labute approximate surface area is 140 Å². The molecule has 0 aromatic heterocycles. The Bertz CT molecular complexity index is 621. The van der Waals surface area contributed by atoms with Crippen molar-refractivity contribution in [3.63, 3.8) is 0 Å². The van der Waals surface area contributed by atoms with Gasteiger partial charge in [0.05, 0.1) is 11.1 Å². The summed E-state index contributed by atoms with van der Waals surface area (Å²) in [6.07, 6.45) is 2.30. The van der Waals surface area contributed by atoms with Crippen molar-refractivity contribution in [2.24, 2.45) is 0 Å². The van der Waals surface area contributed by atoms with Gasteiger partial charge >= 0.3 is 5.97 Å². The molecule has 128 valence electrons. The fraction of sp³-hybridized carbons (Fsp3) is 0.412. The van der Waals surface area contributed by atoms with Crippen molar-refractivity contribution in [3.05, 3.63) is 35.4 Å². The molecule has 7 nitrogen and oxygen atoms in total. The minimum Gasteiger partial charge on any atom is -0.445 e. The van der Waals surface area contributed by atoms with Gasteiger partial charge in [-0.25, -0.2) is 0 Å². The average molecular weight is 332 g/mol. The fourth-order valence-electron chi connectivity index (χ4n) is 2.48. The van der Waals surface area contributed by atoms with E-state index in [0.29, 0.717) is 43.4 Å². The van der Waals surface area contributed by atoms with Crippen molar-refractivity contribution in [3.8, 4) is 0 Å². The number of nitrogens with zero attached hydrogens (tertiary/aromatic N) is 1. The van der Waals surface area contributed by atoms with Crippen LogP contribution in [0.5, 0.6) is 0 Å². The first kappa shape index (κ1) is 17.7. The van der Waals surface area contributed by atoms with Gasteiger partial charge in [0.2, 0.25) is 5.91 Å². The highest BCUT2D eigenvalue weighted by atomic mass is 16.5. The first-order valence-electron chi connectivity index (χ1n) is 7.86. The summed E-state index contributed by atoms with van der Waals surface area (Å²) in [6, 6.07) is 6.79. The predicted octanol–water partition coefficient (Wildman–Crippen LogP) is 1.48. The zero-order chi connectivity index (χ0) is 17.5. The third-order valence-corrected chi connectivity index (χ3v) is 3.71. The number of unbranched alkanes of at least 4 members (excludes halogenated alkanes) is 2. The SMILES string of the molecule is CC(=O)OCNC(=O)CCCCCN1C(=O)c2ccccc2C1=O. The maximum atomic E-state index is 12.2. The van der Waals surface area contributed by atoms with E-state index in [-0.39, 0.29) is 24.5 Å². The Hall–Kier alpha value is -2.70. The number of carbonyl (C=O) groups is 4. The van der Waals surface area contributed by atoms with Gasteiger partial charge in [-0.05, 0) is 25.0 Å². The Kier molecular flexibility index (Phi) is 6.06. The third-order valence-electron chi connectivity index (χ3n) is 3.71. The van der Waals surface area contributed by atoms with E-state index < -0.39 is 5.97 Å². The lowest BCUT2D eigenvalue weighted by Gasteiger charge is -2.13. The molecule has 0 bridgehead atoms. The van der Waals surface area contributed by atoms with Gasteiger partial charge < -0.3 is 10.1 Å². The standard InChI is InChI=1S/C17H20N2O5/c1-12(20)24-11-18-15(21)9-3-2-6-10-19-16(22)13-7-4-5-8-14(13)17(19)23/h4-5,7-8H,2-3,6,9-11H2,1H3,(H,18,21). The molecule has 1 heterocycles. The molecule has 0 atom stereocenters. The van der Waals surface area contributed by atoms with Crippen LogP contribution in [0.25, 0.3) is 0 Å². The summed E-state index contributed by atoms with van der Waals surface area (Å²) in [4.78, 5) is 47.6. The van der Waals surface area contributed by atoms with Crippen LogP contribution in [0.2, 0.25) is 0 Å². The zero-order valence-corrected chi connectivity index (χ0v) is 13.5. The highest BCUT2D eigenvalue weighted by Gasteiger charge is 2.34. The van der Waals surface area contributed by atoms with Gasteiger partial charge in [-0.3, -0.25) is 24.1 Å². The van der Waals surface area contributed by atoms with E-state index in [1.807, 2.05) is 0 Å². The molecule has 1 aliphatic rings. The van der Waals surface area contributed by atoms with Crippen molar-refractivity contribution in [1.82, 2.24) is 10.2 Å². The number of benzene rings is 1. The molecule has 0 unspecified atom stereocenters. The third kappa shape index (κ3) is 4.41. The molecule has 1 aromatic rings. The molecule has 0 aliphatic carbocycles. The zero-order valence-electron chi connectivity index (χ0n) is 13.5. The van der Waals surface area contributed by atoms with Gasteiger partial charge in [0.1, 0.15) is 0 Å². The molecule has 1 aromatic carbocycles. The molecule has 1 aliphatic heterocycles. The van der Waals surface area contributed by atoms with Crippen LogP contribution in [0.1, 0.15) is 53.3 Å². The summed E-state index contributed by atoms with van der Waals surface area (Å²) >= 11 is 0. The Morgan fingerprint density at radius 3 is 2.25 bits per heavy atom. The van der Waals surface area contributed by atoms with Gasteiger partial charge in [0, 0.05) is 19.9 Å². The topological polar surface area (TPSA) is 92.8 Å². The van der Waals surface area contributed by atoms with Crippen LogP contribution in [0.3, 0.4) is 0 Å². The van der Waals surface area contributed by atoms with Crippen LogP contribution >= 0.6 is 0 Å². The first-order chi connectivity index (χ1) is 11.5. The number of amides is 3. The van der Waals surface area contributed by atoms with Gasteiger partial charge in [-0.1, -0.05) is 18.6 Å².